The molecular weight excluding hydrogens is 174 g/mol. The maximum Gasteiger partial charge on any atom is 0.142 e. The Hall–Kier alpha value is -0.630. The van der Waals surface area contributed by atoms with E-state index in [2.05, 4.69) is 18.8 Å². The molecule has 0 spiro atoms. The van der Waals surface area contributed by atoms with E-state index in [-0.39, 0.29) is 5.41 Å². The first kappa shape index (κ1) is 11.4. The summed E-state index contributed by atoms with van der Waals surface area (Å²) in [5, 5.41) is 3.32. The van der Waals surface area contributed by atoms with E-state index in [4.69, 9.17) is 0 Å². The molecule has 2 heteroatoms. The zero-order chi connectivity index (χ0) is 10.4. The van der Waals surface area contributed by atoms with Gasteiger partial charge < -0.3 is 5.32 Å². The van der Waals surface area contributed by atoms with Crippen molar-refractivity contribution in [2.75, 3.05) is 13.1 Å². The third-order valence-electron chi connectivity index (χ3n) is 3.21. The first-order valence-electron chi connectivity index (χ1n) is 5.60. The van der Waals surface area contributed by atoms with Gasteiger partial charge in [-0.3, -0.25) is 4.79 Å². The summed E-state index contributed by atoms with van der Waals surface area (Å²) in [5.74, 6) is 0.399. The van der Waals surface area contributed by atoms with Crippen LogP contribution < -0.4 is 5.32 Å². The fourth-order valence-electron chi connectivity index (χ4n) is 2.40. The summed E-state index contributed by atoms with van der Waals surface area (Å²) in [4.78, 5) is 12.0. The molecule has 0 unspecified atom stereocenters. The van der Waals surface area contributed by atoms with Gasteiger partial charge in [0.2, 0.25) is 0 Å². The van der Waals surface area contributed by atoms with Gasteiger partial charge in [0.05, 0.1) is 0 Å². The number of piperidine rings is 1. The molecule has 0 bridgehead atoms. The highest BCUT2D eigenvalue weighted by molar-refractivity contribution is 5.86. The van der Waals surface area contributed by atoms with E-state index in [1.165, 1.54) is 0 Å². The highest BCUT2D eigenvalue weighted by Crippen LogP contribution is 2.36. The summed E-state index contributed by atoms with van der Waals surface area (Å²) in [7, 11) is 0. The number of nitrogens with one attached hydrogen (secondary N) is 1. The highest BCUT2D eigenvalue weighted by Gasteiger charge is 2.36. The largest absolute Gasteiger partial charge is 0.317 e. The average molecular weight is 195 g/mol. The normalized spacial score (nSPS) is 20.4. The Morgan fingerprint density at radius 2 is 2.14 bits per heavy atom. The lowest BCUT2D eigenvalue weighted by Crippen LogP contribution is -2.41. The van der Waals surface area contributed by atoms with E-state index in [0.717, 1.165) is 38.8 Å². The zero-order valence-electron chi connectivity index (χ0n) is 9.14. The smallest absolute Gasteiger partial charge is 0.142 e. The fraction of sp³-hybridized carbons (Fsp3) is 0.750. The van der Waals surface area contributed by atoms with Crippen molar-refractivity contribution >= 4 is 5.78 Å². The molecule has 2 nitrogen and oxygen atoms in total. The second kappa shape index (κ2) is 5.30. The minimum absolute atomic E-state index is 0.0335. The standard InChI is InChI=1S/C12H21NO/c1-3-5-11(14)12(6-4-2)7-9-13-10-8-12/h3,13H,1,4-10H2,2H3. The molecule has 1 fully saturated rings. The van der Waals surface area contributed by atoms with Gasteiger partial charge in [-0.25, -0.2) is 0 Å². The van der Waals surface area contributed by atoms with E-state index in [9.17, 15) is 4.79 Å². The monoisotopic (exact) mass is 195 g/mol. The molecule has 1 N–H and O–H groups in total. The van der Waals surface area contributed by atoms with Crippen molar-refractivity contribution in [1.82, 2.24) is 5.32 Å². The number of carbonyl (C=O) groups is 1. The van der Waals surface area contributed by atoms with Crippen molar-refractivity contribution in [1.29, 1.82) is 0 Å². The van der Waals surface area contributed by atoms with E-state index >= 15 is 0 Å². The minimum atomic E-state index is -0.0335. The Kier molecular flexibility index (Phi) is 4.33. The molecule has 0 aliphatic carbocycles. The van der Waals surface area contributed by atoms with E-state index in [0.29, 0.717) is 12.2 Å². The predicted molar refractivity (Wildman–Crippen MR) is 59.3 cm³/mol. The zero-order valence-corrected chi connectivity index (χ0v) is 9.14. The summed E-state index contributed by atoms with van der Waals surface area (Å²) in [6, 6.07) is 0. The van der Waals surface area contributed by atoms with Crippen molar-refractivity contribution in [3.05, 3.63) is 12.7 Å². The lowest BCUT2D eigenvalue weighted by Gasteiger charge is -2.36. The van der Waals surface area contributed by atoms with Gasteiger partial charge >= 0.3 is 0 Å². The summed E-state index contributed by atoms with van der Waals surface area (Å²) < 4.78 is 0. The second-order valence-corrected chi connectivity index (χ2v) is 4.20. The number of Topliss-reactive ketones (excluding diaryl/α,β-unsaturated/α-hetero) is 1. The molecule has 80 valence electrons. The predicted octanol–water partition coefficient (Wildman–Crippen LogP) is 2.30. The molecule has 0 saturated carbocycles. The van der Waals surface area contributed by atoms with Gasteiger partial charge in [-0.15, -0.1) is 6.58 Å². The Labute approximate surface area is 86.8 Å². The van der Waals surface area contributed by atoms with Gasteiger partial charge in [-0.05, 0) is 32.4 Å². The average Bonchev–Trinajstić information content (AvgIpc) is 2.20. The number of allylic oxidation sites excluding steroid dienone is 1. The number of hydrogen-bond acceptors (Lipinski definition) is 2. The molecule has 14 heavy (non-hydrogen) atoms. The Morgan fingerprint density at radius 1 is 1.50 bits per heavy atom. The molecule has 1 aliphatic rings. The molecule has 1 saturated heterocycles. The molecule has 0 aromatic heterocycles. The molecule has 0 amide bonds. The van der Waals surface area contributed by atoms with Crippen molar-refractivity contribution in [2.24, 2.45) is 5.41 Å². The molecule has 1 heterocycles. The first-order valence-corrected chi connectivity index (χ1v) is 5.60. The Balaban J connectivity index is 2.68. The third kappa shape index (κ3) is 2.44. The van der Waals surface area contributed by atoms with Crippen molar-refractivity contribution in [3.8, 4) is 0 Å². The van der Waals surface area contributed by atoms with Crippen LogP contribution in [0.25, 0.3) is 0 Å². The fourth-order valence-corrected chi connectivity index (χ4v) is 2.40. The number of rotatable bonds is 5. The Morgan fingerprint density at radius 3 is 2.64 bits per heavy atom. The lowest BCUT2D eigenvalue weighted by atomic mass is 9.71. The Bertz CT molecular complexity index is 199. The SMILES string of the molecule is C=CCC(=O)C1(CCC)CCNCC1. The molecule has 0 atom stereocenters. The van der Waals surface area contributed by atoms with Crippen LogP contribution in [0.3, 0.4) is 0 Å². The molecule has 0 aromatic carbocycles. The molecule has 0 aromatic rings. The van der Waals surface area contributed by atoms with E-state index < -0.39 is 0 Å². The van der Waals surface area contributed by atoms with Gasteiger partial charge in [-0.2, -0.15) is 0 Å². The van der Waals surface area contributed by atoms with Crippen LogP contribution in [0.2, 0.25) is 0 Å². The number of ketones is 1. The third-order valence-corrected chi connectivity index (χ3v) is 3.21. The van der Waals surface area contributed by atoms with Gasteiger partial charge in [-0.1, -0.05) is 19.4 Å². The van der Waals surface area contributed by atoms with Crippen molar-refractivity contribution < 1.29 is 4.79 Å². The molecule has 1 rings (SSSR count). The van der Waals surface area contributed by atoms with Crippen molar-refractivity contribution in [3.63, 3.8) is 0 Å². The maximum atomic E-state index is 12.0. The molecule has 0 radical (unpaired) electrons. The van der Waals surface area contributed by atoms with Gasteiger partial charge in [0.25, 0.3) is 0 Å². The van der Waals surface area contributed by atoms with Crippen LogP contribution in [0.5, 0.6) is 0 Å². The van der Waals surface area contributed by atoms with Gasteiger partial charge in [0.1, 0.15) is 5.78 Å². The van der Waals surface area contributed by atoms with Crippen molar-refractivity contribution in [2.45, 2.75) is 39.0 Å². The lowest BCUT2D eigenvalue weighted by molar-refractivity contribution is -0.129. The molecule has 1 aliphatic heterocycles. The maximum absolute atomic E-state index is 12.0. The summed E-state index contributed by atoms with van der Waals surface area (Å²) >= 11 is 0. The number of hydrogen-bond donors (Lipinski definition) is 1. The van der Waals surface area contributed by atoms with Crippen LogP contribution in [0.15, 0.2) is 12.7 Å². The highest BCUT2D eigenvalue weighted by atomic mass is 16.1. The van der Waals surface area contributed by atoms with E-state index in [1.54, 1.807) is 6.08 Å². The topological polar surface area (TPSA) is 29.1 Å². The second-order valence-electron chi connectivity index (χ2n) is 4.20. The van der Waals surface area contributed by atoms with Crippen LogP contribution in [-0.4, -0.2) is 18.9 Å². The van der Waals surface area contributed by atoms with E-state index in [1.807, 2.05) is 0 Å². The minimum Gasteiger partial charge on any atom is -0.317 e. The summed E-state index contributed by atoms with van der Waals surface area (Å²) in [6.07, 6.45) is 6.44. The van der Waals surface area contributed by atoms with Crippen LogP contribution in [0, 0.1) is 5.41 Å². The van der Waals surface area contributed by atoms with Crippen LogP contribution in [0.1, 0.15) is 39.0 Å². The summed E-state index contributed by atoms with van der Waals surface area (Å²) in [5.41, 5.74) is -0.0335. The molecular formula is C12H21NO. The van der Waals surface area contributed by atoms with Gasteiger partial charge in [0, 0.05) is 11.8 Å². The first-order chi connectivity index (χ1) is 6.75. The van der Waals surface area contributed by atoms with Gasteiger partial charge in [0.15, 0.2) is 0 Å². The van der Waals surface area contributed by atoms with Crippen LogP contribution >= 0.6 is 0 Å². The quantitative estimate of drug-likeness (QED) is 0.682. The summed E-state index contributed by atoms with van der Waals surface area (Å²) in [6.45, 7) is 7.79. The van der Waals surface area contributed by atoms with Crippen LogP contribution in [-0.2, 0) is 4.79 Å². The van der Waals surface area contributed by atoms with Crippen LogP contribution in [0.4, 0.5) is 0 Å². The number of carbonyl (C=O) groups excluding carboxylic acids is 1.